The molecule has 134 valence electrons. The summed E-state index contributed by atoms with van der Waals surface area (Å²) < 4.78 is 10.8. The van der Waals surface area contributed by atoms with Gasteiger partial charge in [-0.1, -0.05) is 0 Å². The lowest BCUT2D eigenvalue weighted by atomic mass is 10.2. The first-order chi connectivity index (χ1) is 11.9. The van der Waals surface area contributed by atoms with Gasteiger partial charge in [0, 0.05) is 11.9 Å². The Labute approximate surface area is 150 Å². The number of carboxylic acids is 1. The van der Waals surface area contributed by atoms with Gasteiger partial charge in [0.2, 0.25) is 5.91 Å². The number of ether oxygens (including phenoxy) is 1. The van der Waals surface area contributed by atoms with Gasteiger partial charge in [-0.05, 0) is 44.2 Å². The van der Waals surface area contributed by atoms with E-state index in [9.17, 15) is 9.59 Å². The van der Waals surface area contributed by atoms with Crippen LogP contribution in [0.25, 0.3) is 0 Å². The third kappa shape index (κ3) is 5.29. The molecule has 25 heavy (non-hydrogen) atoms. The van der Waals surface area contributed by atoms with E-state index in [1.807, 2.05) is 31.2 Å². The first-order valence-electron chi connectivity index (χ1n) is 7.83. The van der Waals surface area contributed by atoms with Crippen LogP contribution in [0.1, 0.15) is 28.8 Å². The summed E-state index contributed by atoms with van der Waals surface area (Å²) in [7, 11) is 1.67. The monoisotopic (exact) mass is 363 g/mol. The van der Waals surface area contributed by atoms with E-state index in [1.54, 1.807) is 14.0 Å². The highest BCUT2D eigenvalue weighted by Gasteiger charge is 2.17. The second kappa shape index (κ2) is 8.62. The van der Waals surface area contributed by atoms with Crippen LogP contribution in [0, 0.1) is 6.92 Å². The van der Waals surface area contributed by atoms with E-state index in [2.05, 4.69) is 0 Å². The number of hydrogen-bond acceptors (Lipinski definition) is 5. The average molecular weight is 363 g/mol. The first kappa shape index (κ1) is 18.9. The molecule has 0 saturated heterocycles. The second-order valence-corrected chi connectivity index (χ2v) is 6.48. The molecule has 1 N–H and O–H groups in total. The number of nitrogens with zero attached hydrogens (tertiary/aromatic N) is 1. The fraction of sp³-hybridized carbons (Fsp3) is 0.333. The molecule has 1 aromatic heterocycles. The average Bonchev–Trinajstić information content (AvgIpc) is 2.94. The van der Waals surface area contributed by atoms with Crippen molar-refractivity contribution < 1.29 is 23.8 Å². The largest absolute Gasteiger partial charge is 0.494 e. The maximum Gasteiger partial charge on any atom is 0.339 e. The number of aryl methyl sites for hydroxylation is 1. The SMILES string of the molecule is CCOc1ccc(SCC(=O)N(C)Cc2cc(C(=O)O)c(C)o2)cc1. The number of benzene rings is 1. The lowest BCUT2D eigenvalue weighted by molar-refractivity contribution is -0.127. The van der Waals surface area contributed by atoms with Crippen molar-refractivity contribution in [1.29, 1.82) is 0 Å². The summed E-state index contributed by atoms with van der Waals surface area (Å²) in [6.45, 7) is 4.37. The molecule has 0 fully saturated rings. The molecule has 1 amide bonds. The molecule has 0 atom stereocenters. The number of carbonyl (C=O) groups is 2. The second-order valence-electron chi connectivity index (χ2n) is 5.43. The van der Waals surface area contributed by atoms with Crippen LogP contribution in [0.2, 0.25) is 0 Å². The zero-order valence-corrected chi connectivity index (χ0v) is 15.3. The standard InChI is InChI=1S/C18H21NO5S/c1-4-23-13-5-7-15(8-6-13)25-11-17(20)19(3)10-14-9-16(18(21)22)12(2)24-14/h5-9H,4,10-11H2,1-3H3,(H,21,22). The maximum absolute atomic E-state index is 12.2. The number of thioether (sulfide) groups is 1. The highest BCUT2D eigenvalue weighted by Crippen LogP contribution is 2.22. The molecule has 0 aliphatic carbocycles. The number of carbonyl (C=O) groups excluding carboxylic acids is 1. The molecule has 6 nitrogen and oxygen atoms in total. The minimum Gasteiger partial charge on any atom is -0.494 e. The van der Waals surface area contributed by atoms with Gasteiger partial charge in [-0.3, -0.25) is 4.79 Å². The van der Waals surface area contributed by atoms with E-state index < -0.39 is 5.97 Å². The van der Waals surface area contributed by atoms with Crippen LogP contribution >= 0.6 is 11.8 Å². The zero-order chi connectivity index (χ0) is 18.4. The van der Waals surface area contributed by atoms with Crippen LogP contribution in [-0.4, -0.2) is 41.3 Å². The zero-order valence-electron chi connectivity index (χ0n) is 14.4. The van der Waals surface area contributed by atoms with Crippen molar-refractivity contribution in [3.8, 4) is 5.75 Å². The molecule has 1 aromatic carbocycles. The van der Waals surface area contributed by atoms with Gasteiger partial charge in [0.25, 0.3) is 0 Å². The van der Waals surface area contributed by atoms with Gasteiger partial charge in [0.1, 0.15) is 22.8 Å². The molecule has 0 saturated carbocycles. The van der Waals surface area contributed by atoms with Gasteiger partial charge in [-0.15, -0.1) is 11.8 Å². The lowest BCUT2D eigenvalue weighted by Crippen LogP contribution is -2.27. The molecule has 2 aromatic rings. The van der Waals surface area contributed by atoms with Crippen LogP contribution in [0.3, 0.4) is 0 Å². The summed E-state index contributed by atoms with van der Waals surface area (Å²) in [5, 5.41) is 9.03. The Balaban J connectivity index is 1.87. The summed E-state index contributed by atoms with van der Waals surface area (Å²) in [5.74, 6) is 0.787. The number of furan rings is 1. The van der Waals surface area contributed by atoms with Crippen molar-refractivity contribution in [2.45, 2.75) is 25.3 Å². The van der Waals surface area contributed by atoms with Gasteiger partial charge in [0.15, 0.2) is 0 Å². The number of amides is 1. The third-order valence-corrected chi connectivity index (χ3v) is 4.51. The smallest absolute Gasteiger partial charge is 0.339 e. The van der Waals surface area contributed by atoms with E-state index in [0.29, 0.717) is 18.1 Å². The number of hydrogen-bond donors (Lipinski definition) is 1. The predicted molar refractivity (Wildman–Crippen MR) is 95.2 cm³/mol. The van der Waals surface area contributed by atoms with E-state index in [1.165, 1.54) is 22.7 Å². The topological polar surface area (TPSA) is 80.0 Å². The minimum absolute atomic E-state index is 0.0650. The third-order valence-electron chi connectivity index (χ3n) is 3.52. The van der Waals surface area contributed by atoms with Gasteiger partial charge in [-0.25, -0.2) is 4.79 Å². The predicted octanol–water partition coefficient (Wildman–Crippen LogP) is 3.44. The molecule has 0 unspecified atom stereocenters. The van der Waals surface area contributed by atoms with Crippen molar-refractivity contribution in [3.05, 3.63) is 47.4 Å². The highest BCUT2D eigenvalue weighted by molar-refractivity contribution is 8.00. The van der Waals surface area contributed by atoms with Gasteiger partial charge < -0.3 is 19.2 Å². The Bertz CT molecular complexity index is 738. The Morgan fingerprint density at radius 2 is 1.96 bits per heavy atom. The fourth-order valence-electron chi connectivity index (χ4n) is 2.21. The molecule has 0 bridgehead atoms. The minimum atomic E-state index is -1.03. The summed E-state index contributed by atoms with van der Waals surface area (Å²) in [4.78, 5) is 25.8. The Morgan fingerprint density at radius 3 is 2.52 bits per heavy atom. The van der Waals surface area contributed by atoms with Crippen molar-refractivity contribution in [3.63, 3.8) is 0 Å². The number of aromatic carboxylic acids is 1. The molecule has 0 aliphatic rings. The molecule has 7 heteroatoms. The van der Waals surface area contributed by atoms with Crippen LogP contribution in [0.15, 0.2) is 39.6 Å². The van der Waals surface area contributed by atoms with Crippen LogP contribution in [0.4, 0.5) is 0 Å². The summed E-state index contributed by atoms with van der Waals surface area (Å²) >= 11 is 1.44. The van der Waals surface area contributed by atoms with E-state index >= 15 is 0 Å². The summed E-state index contributed by atoms with van der Waals surface area (Å²) in [6, 6.07) is 9.04. The van der Waals surface area contributed by atoms with Crippen LogP contribution < -0.4 is 4.74 Å². The van der Waals surface area contributed by atoms with E-state index in [-0.39, 0.29) is 23.8 Å². The highest BCUT2D eigenvalue weighted by atomic mass is 32.2. The van der Waals surface area contributed by atoms with Crippen LogP contribution in [0.5, 0.6) is 5.75 Å². The summed E-state index contributed by atoms with van der Waals surface area (Å²) in [6.07, 6.45) is 0. The number of carboxylic acid groups (broad SMARTS) is 1. The van der Waals surface area contributed by atoms with E-state index in [4.69, 9.17) is 14.3 Å². The Hall–Kier alpha value is -2.41. The number of rotatable bonds is 8. The molecular formula is C18H21NO5S. The Morgan fingerprint density at radius 1 is 1.28 bits per heavy atom. The lowest BCUT2D eigenvalue weighted by Gasteiger charge is -2.15. The normalized spacial score (nSPS) is 10.5. The molecule has 1 heterocycles. The van der Waals surface area contributed by atoms with Crippen molar-refractivity contribution >= 4 is 23.6 Å². The molecule has 0 aliphatic heterocycles. The van der Waals surface area contributed by atoms with Crippen molar-refractivity contribution in [2.75, 3.05) is 19.4 Å². The summed E-state index contributed by atoms with van der Waals surface area (Å²) in [5.41, 5.74) is 0.125. The Kier molecular flexibility index (Phi) is 6.52. The molecular weight excluding hydrogens is 342 g/mol. The maximum atomic E-state index is 12.2. The van der Waals surface area contributed by atoms with Crippen molar-refractivity contribution in [1.82, 2.24) is 4.90 Å². The fourth-order valence-corrected chi connectivity index (χ4v) is 3.05. The van der Waals surface area contributed by atoms with Gasteiger partial charge in [0.05, 0.1) is 18.9 Å². The molecule has 0 radical (unpaired) electrons. The van der Waals surface area contributed by atoms with E-state index in [0.717, 1.165) is 10.6 Å². The van der Waals surface area contributed by atoms with Gasteiger partial charge in [-0.2, -0.15) is 0 Å². The molecule has 2 rings (SSSR count). The van der Waals surface area contributed by atoms with Crippen LogP contribution in [-0.2, 0) is 11.3 Å². The van der Waals surface area contributed by atoms with Crippen molar-refractivity contribution in [2.24, 2.45) is 0 Å². The van der Waals surface area contributed by atoms with Gasteiger partial charge >= 0.3 is 5.97 Å². The quantitative estimate of drug-likeness (QED) is 0.724. The first-order valence-corrected chi connectivity index (χ1v) is 8.81. The molecule has 0 spiro atoms.